The molecule has 0 bridgehead atoms. The lowest BCUT2D eigenvalue weighted by Crippen LogP contribution is -2.30. The number of nitrogens with one attached hydrogen (secondary N) is 3. The van der Waals surface area contributed by atoms with Crippen molar-refractivity contribution in [2.75, 3.05) is 0 Å². The summed E-state index contributed by atoms with van der Waals surface area (Å²) in [5.74, 6) is -0.158. The van der Waals surface area contributed by atoms with Gasteiger partial charge in [-0.05, 0) is 38.0 Å². The summed E-state index contributed by atoms with van der Waals surface area (Å²) in [5, 5.41) is 2.87. The summed E-state index contributed by atoms with van der Waals surface area (Å²) in [6, 6.07) is 3.54. The van der Waals surface area contributed by atoms with E-state index in [0.29, 0.717) is 11.3 Å². The molecular weight excluding hydrogens is 284 g/mol. The Morgan fingerprint density at radius 3 is 2.59 bits per heavy atom. The predicted molar refractivity (Wildman–Crippen MR) is 81.5 cm³/mol. The summed E-state index contributed by atoms with van der Waals surface area (Å²) in [5.41, 5.74) is 0.884. The molecule has 2 aromatic heterocycles. The van der Waals surface area contributed by atoms with Crippen LogP contribution in [0.2, 0.25) is 0 Å². The van der Waals surface area contributed by atoms with Gasteiger partial charge in [0.2, 0.25) is 5.91 Å². The van der Waals surface area contributed by atoms with Crippen molar-refractivity contribution in [1.82, 2.24) is 20.3 Å². The van der Waals surface area contributed by atoms with Crippen molar-refractivity contribution in [3.63, 3.8) is 0 Å². The van der Waals surface area contributed by atoms with Gasteiger partial charge in [-0.15, -0.1) is 0 Å². The first-order valence-corrected chi connectivity index (χ1v) is 6.98. The fourth-order valence-electron chi connectivity index (χ4n) is 2.21. The van der Waals surface area contributed by atoms with Crippen LogP contribution in [0.3, 0.4) is 0 Å². The van der Waals surface area contributed by atoms with Gasteiger partial charge in [-0.25, -0.2) is 4.79 Å². The quantitative estimate of drug-likeness (QED) is 0.750. The Bertz CT molecular complexity index is 764. The molecule has 0 spiro atoms. The summed E-state index contributed by atoms with van der Waals surface area (Å²) >= 11 is 0. The van der Waals surface area contributed by atoms with E-state index in [1.165, 1.54) is 0 Å². The van der Waals surface area contributed by atoms with Crippen LogP contribution in [0.25, 0.3) is 0 Å². The second-order valence-electron chi connectivity index (χ2n) is 5.08. The Hall–Kier alpha value is -2.70. The molecule has 2 aromatic rings. The van der Waals surface area contributed by atoms with Crippen LogP contribution < -0.4 is 16.6 Å². The summed E-state index contributed by atoms with van der Waals surface area (Å²) in [4.78, 5) is 43.4. The number of hydrogen-bond acceptors (Lipinski definition) is 4. The lowest BCUT2D eigenvalue weighted by atomic mass is 10.1. The van der Waals surface area contributed by atoms with Crippen molar-refractivity contribution < 1.29 is 4.79 Å². The van der Waals surface area contributed by atoms with Crippen LogP contribution in [0.1, 0.15) is 36.2 Å². The van der Waals surface area contributed by atoms with Crippen molar-refractivity contribution in [3.05, 3.63) is 62.2 Å². The molecule has 2 rings (SSSR count). The highest BCUT2D eigenvalue weighted by molar-refractivity contribution is 5.76. The molecule has 0 aliphatic rings. The highest BCUT2D eigenvalue weighted by atomic mass is 16.2. The number of hydrogen-bond donors (Lipinski definition) is 3. The Labute approximate surface area is 126 Å². The maximum absolute atomic E-state index is 12.0. The Kier molecular flexibility index (Phi) is 4.88. The molecule has 0 saturated carbocycles. The molecule has 1 amide bonds. The largest absolute Gasteiger partial charge is 0.350 e. The van der Waals surface area contributed by atoms with E-state index < -0.39 is 11.2 Å². The number of carbonyl (C=O) groups excluding carboxylic acids is 1. The topological polar surface area (TPSA) is 108 Å². The SMILES string of the molecule is Cc1[nH]c(=O)[nH]c(=O)c1CCC(=O)N[C@@H](C)c1ccncc1. The van der Waals surface area contributed by atoms with E-state index in [2.05, 4.69) is 20.3 Å². The molecular formula is C15H18N4O3. The lowest BCUT2D eigenvalue weighted by Gasteiger charge is -2.14. The maximum atomic E-state index is 12.0. The van der Waals surface area contributed by atoms with Gasteiger partial charge in [-0.2, -0.15) is 0 Å². The number of aromatic nitrogens is 3. The summed E-state index contributed by atoms with van der Waals surface area (Å²) in [6.07, 6.45) is 3.78. The van der Waals surface area contributed by atoms with Crippen molar-refractivity contribution in [1.29, 1.82) is 0 Å². The second-order valence-corrected chi connectivity index (χ2v) is 5.08. The minimum atomic E-state index is -0.540. The smallest absolute Gasteiger partial charge is 0.325 e. The van der Waals surface area contributed by atoms with Crippen LogP contribution in [0.5, 0.6) is 0 Å². The monoisotopic (exact) mass is 302 g/mol. The van der Waals surface area contributed by atoms with E-state index >= 15 is 0 Å². The zero-order valence-electron chi connectivity index (χ0n) is 12.5. The average Bonchev–Trinajstić information content (AvgIpc) is 2.47. The standard InChI is InChI=1S/C15H18N4O3/c1-9(11-5-7-16-8-6-11)17-13(20)4-3-12-10(2)18-15(22)19-14(12)21/h5-9H,3-4H2,1-2H3,(H,17,20)(H2,18,19,21,22)/t9-/m0/s1. The predicted octanol–water partition coefficient (Wildman–Crippen LogP) is 0.577. The summed E-state index contributed by atoms with van der Waals surface area (Å²) < 4.78 is 0. The molecule has 0 fully saturated rings. The number of rotatable bonds is 5. The minimum Gasteiger partial charge on any atom is -0.350 e. The van der Waals surface area contributed by atoms with Gasteiger partial charge in [0, 0.05) is 30.1 Å². The Morgan fingerprint density at radius 2 is 1.95 bits per heavy atom. The number of aromatic amines is 2. The van der Waals surface area contributed by atoms with Gasteiger partial charge in [0.05, 0.1) is 6.04 Å². The molecule has 1 atom stereocenters. The zero-order chi connectivity index (χ0) is 16.1. The molecule has 0 aliphatic carbocycles. The summed E-state index contributed by atoms with van der Waals surface area (Å²) in [6.45, 7) is 3.52. The lowest BCUT2D eigenvalue weighted by molar-refractivity contribution is -0.121. The third kappa shape index (κ3) is 3.91. The Balaban J connectivity index is 1.96. The number of nitrogens with zero attached hydrogens (tertiary/aromatic N) is 1. The first-order valence-electron chi connectivity index (χ1n) is 6.98. The fourth-order valence-corrected chi connectivity index (χ4v) is 2.21. The van der Waals surface area contributed by atoms with Gasteiger partial charge in [-0.3, -0.25) is 19.6 Å². The number of H-pyrrole nitrogens is 2. The molecule has 0 aromatic carbocycles. The highest BCUT2D eigenvalue weighted by Crippen LogP contribution is 2.10. The van der Waals surface area contributed by atoms with Crippen molar-refractivity contribution >= 4 is 5.91 Å². The van der Waals surface area contributed by atoms with Gasteiger partial charge in [0.1, 0.15) is 0 Å². The molecule has 2 heterocycles. The molecule has 0 unspecified atom stereocenters. The number of aryl methyl sites for hydroxylation is 1. The average molecular weight is 302 g/mol. The zero-order valence-corrected chi connectivity index (χ0v) is 12.5. The second kappa shape index (κ2) is 6.84. The van der Waals surface area contributed by atoms with Crippen LogP contribution in [-0.4, -0.2) is 20.9 Å². The molecule has 0 radical (unpaired) electrons. The van der Waals surface area contributed by atoms with Crippen LogP contribution in [0.15, 0.2) is 34.1 Å². The van der Waals surface area contributed by atoms with E-state index in [0.717, 1.165) is 5.56 Å². The van der Waals surface area contributed by atoms with Crippen molar-refractivity contribution in [2.45, 2.75) is 32.7 Å². The molecule has 116 valence electrons. The molecule has 0 saturated heterocycles. The van der Waals surface area contributed by atoms with Crippen LogP contribution in [0.4, 0.5) is 0 Å². The third-order valence-electron chi connectivity index (χ3n) is 3.44. The first kappa shape index (κ1) is 15.7. The van der Waals surface area contributed by atoms with Crippen LogP contribution in [-0.2, 0) is 11.2 Å². The Morgan fingerprint density at radius 1 is 1.27 bits per heavy atom. The van der Waals surface area contributed by atoms with E-state index in [1.807, 2.05) is 19.1 Å². The normalized spacial score (nSPS) is 11.9. The van der Waals surface area contributed by atoms with E-state index in [1.54, 1.807) is 19.3 Å². The van der Waals surface area contributed by atoms with Gasteiger partial charge in [-0.1, -0.05) is 0 Å². The number of amides is 1. The van der Waals surface area contributed by atoms with E-state index in [9.17, 15) is 14.4 Å². The molecule has 7 nitrogen and oxygen atoms in total. The highest BCUT2D eigenvalue weighted by Gasteiger charge is 2.12. The van der Waals surface area contributed by atoms with Crippen LogP contribution >= 0.6 is 0 Å². The van der Waals surface area contributed by atoms with Gasteiger partial charge in [0.15, 0.2) is 0 Å². The molecule has 22 heavy (non-hydrogen) atoms. The van der Waals surface area contributed by atoms with Gasteiger partial charge in [0.25, 0.3) is 5.56 Å². The maximum Gasteiger partial charge on any atom is 0.325 e. The molecule has 0 aliphatic heterocycles. The van der Waals surface area contributed by atoms with E-state index in [4.69, 9.17) is 0 Å². The summed E-state index contributed by atoms with van der Waals surface area (Å²) in [7, 11) is 0. The third-order valence-corrected chi connectivity index (χ3v) is 3.44. The van der Waals surface area contributed by atoms with Crippen molar-refractivity contribution in [2.24, 2.45) is 0 Å². The minimum absolute atomic E-state index is 0.134. The number of pyridine rings is 1. The fraction of sp³-hybridized carbons (Fsp3) is 0.333. The first-order chi connectivity index (χ1) is 10.5. The number of carbonyl (C=O) groups is 1. The van der Waals surface area contributed by atoms with Crippen molar-refractivity contribution in [3.8, 4) is 0 Å². The van der Waals surface area contributed by atoms with Crippen LogP contribution in [0, 0.1) is 6.92 Å². The van der Waals surface area contributed by atoms with E-state index in [-0.39, 0.29) is 24.8 Å². The van der Waals surface area contributed by atoms with Gasteiger partial charge < -0.3 is 10.3 Å². The molecule has 3 N–H and O–H groups in total. The molecule has 7 heteroatoms. The van der Waals surface area contributed by atoms with Gasteiger partial charge >= 0.3 is 5.69 Å².